The van der Waals surface area contributed by atoms with Crippen molar-refractivity contribution in [3.05, 3.63) is 12.7 Å². The van der Waals surface area contributed by atoms with Crippen molar-refractivity contribution in [3.8, 4) is 0 Å². The molecule has 0 rings (SSSR count). The molecule has 76 valence electrons. The Balaban J connectivity index is 3.51. The number of thioether (sulfide) groups is 1. The monoisotopic (exact) mass is 203 g/mol. The summed E-state index contributed by atoms with van der Waals surface area (Å²) in [7, 11) is 0. The number of nitrogens with one attached hydrogen (secondary N) is 1. The second-order valence-corrected chi connectivity index (χ2v) is 4.22. The zero-order valence-corrected chi connectivity index (χ0v) is 8.93. The third-order valence-corrected chi connectivity index (χ3v) is 2.95. The molecule has 0 aromatic rings. The van der Waals surface area contributed by atoms with E-state index in [1.807, 2.05) is 6.92 Å². The minimum atomic E-state index is -0.378. The van der Waals surface area contributed by atoms with Gasteiger partial charge in [-0.3, -0.25) is 4.79 Å². The minimum Gasteiger partial charge on any atom is -0.392 e. The molecule has 0 heterocycles. The van der Waals surface area contributed by atoms with E-state index in [2.05, 4.69) is 11.9 Å². The number of aliphatic hydroxyl groups excluding tert-OH is 1. The van der Waals surface area contributed by atoms with Crippen LogP contribution in [0.5, 0.6) is 0 Å². The van der Waals surface area contributed by atoms with Crippen LogP contribution in [0.3, 0.4) is 0 Å². The first-order valence-electron chi connectivity index (χ1n) is 4.25. The fraction of sp³-hybridized carbons (Fsp3) is 0.667. The summed E-state index contributed by atoms with van der Waals surface area (Å²) in [6.07, 6.45) is 1.26. The van der Waals surface area contributed by atoms with Gasteiger partial charge in [0.1, 0.15) is 0 Å². The third kappa shape index (κ3) is 6.66. The molecule has 13 heavy (non-hydrogen) atoms. The first kappa shape index (κ1) is 12.5. The second-order valence-electron chi connectivity index (χ2n) is 2.85. The molecule has 4 heteroatoms. The van der Waals surface area contributed by atoms with Crippen LogP contribution in [-0.2, 0) is 4.79 Å². The van der Waals surface area contributed by atoms with Crippen LogP contribution in [0.4, 0.5) is 0 Å². The Morgan fingerprint density at radius 3 is 2.77 bits per heavy atom. The lowest BCUT2D eigenvalue weighted by molar-refractivity contribution is -0.118. The number of rotatable bonds is 6. The van der Waals surface area contributed by atoms with Gasteiger partial charge in [0.15, 0.2) is 0 Å². The maximum Gasteiger partial charge on any atom is 0.230 e. The molecule has 2 unspecified atom stereocenters. The summed E-state index contributed by atoms with van der Waals surface area (Å²) in [5.41, 5.74) is 0. The quantitative estimate of drug-likeness (QED) is 0.628. The van der Waals surface area contributed by atoms with E-state index < -0.39 is 0 Å². The summed E-state index contributed by atoms with van der Waals surface area (Å²) in [4.78, 5) is 11.1. The van der Waals surface area contributed by atoms with Gasteiger partial charge >= 0.3 is 0 Å². The van der Waals surface area contributed by atoms with E-state index in [0.717, 1.165) is 0 Å². The van der Waals surface area contributed by atoms with Crippen molar-refractivity contribution >= 4 is 17.7 Å². The average molecular weight is 203 g/mol. The molecule has 0 saturated heterocycles. The van der Waals surface area contributed by atoms with Crippen molar-refractivity contribution in [3.63, 3.8) is 0 Å². The van der Waals surface area contributed by atoms with Gasteiger partial charge in [0.25, 0.3) is 0 Å². The molecular formula is C9H17NO2S. The molecule has 0 saturated carbocycles. The Bertz CT molecular complexity index is 171. The van der Waals surface area contributed by atoms with Crippen LogP contribution in [0.2, 0.25) is 0 Å². The first-order valence-corrected chi connectivity index (χ1v) is 5.30. The van der Waals surface area contributed by atoms with Gasteiger partial charge in [0.2, 0.25) is 5.91 Å². The minimum absolute atomic E-state index is 0.0163. The summed E-state index contributed by atoms with van der Waals surface area (Å²) in [5, 5.41) is 11.9. The number of amides is 1. The first-order chi connectivity index (χ1) is 6.07. The molecule has 0 aliphatic rings. The molecule has 0 aliphatic heterocycles. The molecule has 0 aromatic carbocycles. The molecule has 0 spiro atoms. The van der Waals surface area contributed by atoms with Crippen molar-refractivity contribution in [1.29, 1.82) is 0 Å². The van der Waals surface area contributed by atoms with E-state index in [4.69, 9.17) is 5.11 Å². The highest BCUT2D eigenvalue weighted by atomic mass is 32.2. The Kier molecular flexibility index (Phi) is 6.72. The van der Waals surface area contributed by atoms with E-state index in [1.54, 1.807) is 13.0 Å². The second kappa shape index (κ2) is 6.97. The van der Waals surface area contributed by atoms with Crippen molar-refractivity contribution in [1.82, 2.24) is 5.32 Å². The van der Waals surface area contributed by atoms with Gasteiger partial charge in [-0.1, -0.05) is 13.0 Å². The standard InChI is InChI=1S/C9H17NO2S/c1-4-5-10-9(12)6-13-8(3)7(2)11/h4,7-8,11H,1,5-6H2,2-3H3,(H,10,12). The smallest absolute Gasteiger partial charge is 0.230 e. The van der Waals surface area contributed by atoms with Crippen LogP contribution >= 0.6 is 11.8 Å². The van der Waals surface area contributed by atoms with Gasteiger partial charge in [0, 0.05) is 11.8 Å². The molecule has 0 radical (unpaired) electrons. The van der Waals surface area contributed by atoms with E-state index in [0.29, 0.717) is 12.3 Å². The van der Waals surface area contributed by atoms with Gasteiger partial charge < -0.3 is 10.4 Å². The fourth-order valence-corrected chi connectivity index (χ4v) is 1.38. The lowest BCUT2D eigenvalue weighted by atomic mass is 10.3. The summed E-state index contributed by atoms with van der Waals surface area (Å²) in [6, 6.07) is 0. The number of carbonyl (C=O) groups excluding carboxylic acids is 1. The SMILES string of the molecule is C=CCNC(=O)CSC(C)C(C)O. The Morgan fingerprint density at radius 1 is 1.69 bits per heavy atom. The molecule has 2 atom stereocenters. The van der Waals surface area contributed by atoms with Gasteiger partial charge in [-0.15, -0.1) is 18.3 Å². The van der Waals surface area contributed by atoms with Gasteiger partial charge in [-0.25, -0.2) is 0 Å². The fourth-order valence-electron chi connectivity index (χ4n) is 0.583. The van der Waals surface area contributed by atoms with Crippen LogP contribution < -0.4 is 5.32 Å². The number of hydrogen-bond donors (Lipinski definition) is 2. The Labute approximate surface area is 83.6 Å². The number of carbonyl (C=O) groups is 1. The maximum atomic E-state index is 11.1. The summed E-state index contributed by atoms with van der Waals surface area (Å²) in [5.74, 6) is 0.373. The van der Waals surface area contributed by atoms with E-state index in [9.17, 15) is 4.79 Å². The summed E-state index contributed by atoms with van der Waals surface area (Å²) in [6.45, 7) is 7.62. The highest BCUT2D eigenvalue weighted by molar-refractivity contribution is 8.00. The van der Waals surface area contributed by atoms with E-state index in [1.165, 1.54) is 11.8 Å². The lowest BCUT2D eigenvalue weighted by Gasteiger charge is -2.13. The molecule has 1 amide bonds. The summed E-state index contributed by atoms with van der Waals surface area (Å²) >= 11 is 1.45. The van der Waals surface area contributed by atoms with Crippen LogP contribution in [0.25, 0.3) is 0 Å². The van der Waals surface area contributed by atoms with Gasteiger partial charge in [-0.05, 0) is 6.92 Å². The molecule has 3 nitrogen and oxygen atoms in total. The van der Waals surface area contributed by atoms with Gasteiger partial charge in [0.05, 0.1) is 11.9 Å². The van der Waals surface area contributed by atoms with Crippen molar-refractivity contribution < 1.29 is 9.90 Å². The Hall–Kier alpha value is -0.480. The number of aliphatic hydroxyl groups is 1. The van der Waals surface area contributed by atoms with E-state index in [-0.39, 0.29) is 17.3 Å². The van der Waals surface area contributed by atoms with Crippen molar-refractivity contribution in [2.45, 2.75) is 25.2 Å². The van der Waals surface area contributed by atoms with Crippen LogP contribution in [0, 0.1) is 0 Å². The molecule has 0 aliphatic carbocycles. The summed E-state index contributed by atoms with van der Waals surface area (Å²) < 4.78 is 0. The highest BCUT2D eigenvalue weighted by Crippen LogP contribution is 2.13. The van der Waals surface area contributed by atoms with Crippen molar-refractivity contribution in [2.24, 2.45) is 0 Å². The van der Waals surface area contributed by atoms with Crippen LogP contribution in [0.15, 0.2) is 12.7 Å². The van der Waals surface area contributed by atoms with E-state index >= 15 is 0 Å². The molecule has 0 aromatic heterocycles. The number of hydrogen-bond acceptors (Lipinski definition) is 3. The lowest BCUT2D eigenvalue weighted by Crippen LogP contribution is -2.27. The predicted molar refractivity (Wildman–Crippen MR) is 56.8 cm³/mol. The average Bonchev–Trinajstić information content (AvgIpc) is 2.10. The Morgan fingerprint density at radius 2 is 2.31 bits per heavy atom. The zero-order valence-electron chi connectivity index (χ0n) is 8.12. The normalized spacial score (nSPS) is 14.7. The molecule has 0 bridgehead atoms. The van der Waals surface area contributed by atoms with Gasteiger partial charge in [-0.2, -0.15) is 0 Å². The predicted octanol–water partition coefficient (Wildman–Crippen LogP) is 0.791. The zero-order chi connectivity index (χ0) is 10.3. The molecule has 0 fully saturated rings. The largest absolute Gasteiger partial charge is 0.392 e. The maximum absolute atomic E-state index is 11.1. The third-order valence-electron chi connectivity index (χ3n) is 1.60. The van der Waals surface area contributed by atoms with Crippen LogP contribution in [0.1, 0.15) is 13.8 Å². The van der Waals surface area contributed by atoms with Crippen LogP contribution in [-0.4, -0.2) is 34.7 Å². The molecule has 2 N–H and O–H groups in total. The topological polar surface area (TPSA) is 49.3 Å². The van der Waals surface area contributed by atoms with Crippen molar-refractivity contribution in [2.75, 3.05) is 12.3 Å². The molecular weight excluding hydrogens is 186 g/mol. The highest BCUT2D eigenvalue weighted by Gasteiger charge is 2.10.